The number of oxazole rings is 1. The molecule has 3 N–H and O–H groups in total. The van der Waals surface area contributed by atoms with Gasteiger partial charge in [0.25, 0.3) is 0 Å². The summed E-state index contributed by atoms with van der Waals surface area (Å²) in [6.07, 6.45) is 2.17. The summed E-state index contributed by atoms with van der Waals surface area (Å²) in [4.78, 5) is 15.8. The van der Waals surface area contributed by atoms with E-state index >= 15 is 0 Å². The van der Waals surface area contributed by atoms with Crippen LogP contribution >= 0.6 is 0 Å². The van der Waals surface area contributed by atoms with Gasteiger partial charge >= 0.3 is 6.03 Å². The van der Waals surface area contributed by atoms with Gasteiger partial charge in [-0.3, -0.25) is 0 Å². The predicted molar refractivity (Wildman–Crippen MR) is 78.6 cm³/mol. The lowest BCUT2D eigenvalue weighted by molar-refractivity contribution is 0.233. The summed E-state index contributed by atoms with van der Waals surface area (Å²) in [5.41, 5.74) is 0.941. The summed E-state index contributed by atoms with van der Waals surface area (Å²) in [7, 11) is 0. The van der Waals surface area contributed by atoms with Crippen LogP contribution < -0.4 is 10.6 Å². The molecule has 0 bridgehead atoms. The molecule has 0 aliphatic heterocycles. The van der Waals surface area contributed by atoms with E-state index in [0.29, 0.717) is 24.6 Å². The molecule has 1 aromatic heterocycles. The maximum absolute atomic E-state index is 11.6. The molecule has 1 aromatic carbocycles. The first-order valence-corrected chi connectivity index (χ1v) is 6.87. The van der Waals surface area contributed by atoms with Crippen LogP contribution in [0.5, 0.6) is 0 Å². The van der Waals surface area contributed by atoms with Crippen molar-refractivity contribution >= 4 is 6.03 Å². The van der Waals surface area contributed by atoms with Crippen LogP contribution in [-0.2, 0) is 0 Å². The van der Waals surface area contributed by atoms with Gasteiger partial charge in [0.2, 0.25) is 5.89 Å². The third kappa shape index (κ3) is 4.32. The van der Waals surface area contributed by atoms with Gasteiger partial charge in [-0.15, -0.1) is 0 Å². The van der Waals surface area contributed by atoms with Crippen LogP contribution in [0.15, 0.2) is 40.9 Å². The molecule has 0 saturated heterocycles. The van der Waals surface area contributed by atoms with E-state index in [0.717, 1.165) is 5.56 Å². The number of nitrogens with one attached hydrogen (secondary N) is 2. The van der Waals surface area contributed by atoms with E-state index < -0.39 is 0 Å². The van der Waals surface area contributed by atoms with Gasteiger partial charge in [0.1, 0.15) is 6.04 Å². The number of nitrogens with zero attached hydrogens (tertiary/aromatic N) is 1. The lowest BCUT2D eigenvalue weighted by atomic mass is 10.2. The van der Waals surface area contributed by atoms with E-state index in [1.54, 1.807) is 13.1 Å². The minimum atomic E-state index is -0.336. The second-order valence-corrected chi connectivity index (χ2v) is 4.63. The Morgan fingerprint density at radius 1 is 1.38 bits per heavy atom. The number of rotatable bonds is 6. The molecule has 0 radical (unpaired) electrons. The molecule has 0 spiro atoms. The van der Waals surface area contributed by atoms with Crippen LogP contribution in [0.3, 0.4) is 0 Å². The Morgan fingerprint density at radius 3 is 2.86 bits per heavy atom. The van der Waals surface area contributed by atoms with Crippen molar-refractivity contribution in [3.8, 4) is 11.3 Å². The minimum absolute atomic E-state index is 0.0516. The van der Waals surface area contributed by atoms with Crippen LogP contribution in [0.2, 0.25) is 0 Å². The fourth-order valence-corrected chi connectivity index (χ4v) is 1.81. The topological polar surface area (TPSA) is 87.4 Å². The van der Waals surface area contributed by atoms with Crippen LogP contribution in [0, 0.1) is 0 Å². The van der Waals surface area contributed by atoms with Crippen molar-refractivity contribution in [1.82, 2.24) is 15.6 Å². The molecule has 6 nitrogen and oxygen atoms in total. The van der Waals surface area contributed by atoms with E-state index in [1.807, 2.05) is 30.3 Å². The number of aliphatic hydroxyl groups excluding tert-OH is 1. The molecular weight excluding hydrogens is 270 g/mol. The Morgan fingerprint density at radius 2 is 2.14 bits per heavy atom. The molecule has 2 rings (SSSR count). The molecule has 6 heteroatoms. The Balaban J connectivity index is 1.93. The highest BCUT2D eigenvalue weighted by atomic mass is 16.4. The number of aliphatic hydroxyl groups is 1. The molecular formula is C15H19N3O3. The second-order valence-electron chi connectivity index (χ2n) is 4.63. The number of benzene rings is 1. The molecule has 2 aromatic rings. The van der Waals surface area contributed by atoms with Gasteiger partial charge in [-0.2, -0.15) is 0 Å². The van der Waals surface area contributed by atoms with Crippen molar-refractivity contribution in [1.29, 1.82) is 0 Å². The van der Waals surface area contributed by atoms with Crippen molar-refractivity contribution in [2.24, 2.45) is 0 Å². The van der Waals surface area contributed by atoms with Gasteiger partial charge in [-0.1, -0.05) is 30.3 Å². The van der Waals surface area contributed by atoms with E-state index in [-0.39, 0.29) is 18.7 Å². The summed E-state index contributed by atoms with van der Waals surface area (Å²) in [6, 6.07) is 9.00. The fourth-order valence-electron chi connectivity index (χ4n) is 1.81. The monoisotopic (exact) mass is 289 g/mol. The van der Waals surface area contributed by atoms with Gasteiger partial charge in [0, 0.05) is 18.7 Å². The van der Waals surface area contributed by atoms with Crippen molar-refractivity contribution in [2.45, 2.75) is 19.4 Å². The number of hydrogen-bond donors (Lipinski definition) is 3. The quantitative estimate of drug-likeness (QED) is 0.711. The standard InChI is InChI=1S/C15H19N3O3/c1-11(18-15(20)16-8-5-9-19)14-17-10-13(21-14)12-6-3-2-4-7-12/h2-4,6-7,10-11,19H,5,8-9H2,1H3,(H2,16,18,20). The smallest absolute Gasteiger partial charge is 0.315 e. The van der Waals surface area contributed by atoms with Crippen molar-refractivity contribution in [3.05, 3.63) is 42.4 Å². The van der Waals surface area contributed by atoms with E-state index in [1.165, 1.54) is 0 Å². The molecule has 0 fully saturated rings. The largest absolute Gasteiger partial charge is 0.438 e. The van der Waals surface area contributed by atoms with Crippen LogP contribution in [0.25, 0.3) is 11.3 Å². The fraction of sp³-hybridized carbons (Fsp3) is 0.333. The molecule has 1 unspecified atom stereocenters. The lowest BCUT2D eigenvalue weighted by Gasteiger charge is -2.11. The molecule has 2 amide bonds. The van der Waals surface area contributed by atoms with Crippen LogP contribution in [0.1, 0.15) is 25.3 Å². The zero-order valence-electron chi connectivity index (χ0n) is 11.9. The lowest BCUT2D eigenvalue weighted by Crippen LogP contribution is -2.37. The molecule has 1 atom stereocenters. The van der Waals surface area contributed by atoms with Gasteiger partial charge in [-0.25, -0.2) is 9.78 Å². The maximum Gasteiger partial charge on any atom is 0.315 e. The molecule has 0 saturated carbocycles. The number of amides is 2. The maximum atomic E-state index is 11.6. The van der Waals surface area contributed by atoms with E-state index in [9.17, 15) is 4.79 Å². The molecule has 0 aliphatic carbocycles. The van der Waals surface area contributed by atoms with Crippen molar-refractivity contribution in [2.75, 3.05) is 13.2 Å². The summed E-state index contributed by atoms with van der Waals surface area (Å²) < 4.78 is 5.66. The van der Waals surface area contributed by atoms with Crippen molar-refractivity contribution in [3.63, 3.8) is 0 Å². The zero-order valence-corrected chi connectivity index (χ0v) is 11.9. The first-order chi connectivity index (χ1) is 10.2. The number of carbonyl (C=O) groups excluding carboxylic acids is 1. The van der Waals surface area contributed by atoms with Crippen molar-refractivity contribution < 1.29 is 14.3 Å². The Bertz CT molecular complexity index is 569. The highest BCUT2D eigenvalue weighted by molar-refractivity contribution is 5.74. The molecule has 0 aliphatic rings. The van der Waals surface area contributed by atoms with Gasteiger partial charge in [0.15, 0.2) is 5.76 Å². The zero-order chi connectivity index (χ0) is 15.1. The van der Waals surface area contributed by atoms with Gasteiger partial charge in [-0.05, 0) is 13.3 Å². The van der Waals surface area contributed by atoms with Gasteiger partial charge in [0.05, 0.1) is 6.20 Å². The first-order valence-electron chi connectivity index (χ1n) is 6.87. The highest BCUT2D eigenvalue weighted by Gasteiger charge is 2.15. The first kappa shape index (κ1) is 15.1. The number of urea groups is 1. The average molecular weight is 289 g/mol. The highest BCUT2D eigenvalue weighted by Crippen LogP contribution is 2.22. The Kier molecular flexibility index (Phi) is 5.34. The molecule has 1 heterocycles. The van der Waals surface area contributed by atoms with Crippen LogP contribution in [0.4, 0.5) is 4.79 Å². The SMILES string of the molecule is CC(NC(=O)NCCCO)c1ncc(-c2ccccc2)o1. The number of carbonyl (C=O) groups is 1. The summed E-state index contributed by atoms with van der Waals surface area (Å²) in [6.45, 7) is 2.28. The Hall–Kier alpha value is -2.34. The third-order valence-electron chi connectivity index (χ3n) is 2.92. The van der Waals surface area contributed by atoms with E-state index in [4.69, 9.17) is 9.52 Å². The second kappa shape index (κ2) is 7.44. The normalized spacial score (nSPS) is 11.9. The summed E-state index contributed by atoms with van der Waals surface area (Å²) in [5.74, 6) is 1.12. The minimum Gasteiger partial charge on any atom is -0.438 e. The van der Waals surface area contributed by atoms with Crippen LogP contribution in [-0.4, -0.2) is 29.3 Å². The number of hydrogen-bond acceptors (Lipinski definition) is 4. The molecule has 21 heavy (non-hydrogen) atoms. The Labute approximate surface area is 123 Å². The summed E-state index contributed by atoms with van der Waals surface area (Å²) >= 11 is 0. The number of aromatic nitrogens is 1. The van der Waals surface area contributed by atoms with Gasteiger partial charge < -0.3 is 20.2 Å². The third-order valence-corrected chi connectivity index (χ3v) is 2.92. The summed E-state index contributed by atoms with van der Waals surface area (Å²) in [5, 5.41) is 14.0. The van der Waals surface area contributed by atoms with E-state index in [2.05, 4.69) is 15.6 Å². The average Bonchev–Trinajstić information content (AvgIpc) is 2.98. The predicted octanol–water partition coefficient (Wildman–Crippen LogP) is 2.08. The molecule has 112 valence electrons.